The molecule has 0 heterocycles. The third kappa shape index (κ3) is 1.96. The Morgan fingerprint density at radius 3 is 2.07 bits per heavy atom. The maximum atomic E-state index is 9.29. The summed E-state index contributed by atoms with van der Waals surface area (Å²) in [5.41, 5.74) is 5.96. The smallest absolute Gasteiger partial charge is 0.139 e. The van der Waals surface area contributed by atoms with E-state index in [1.165, 1.54) is 0 Å². The van der Waals surface area contributed by atoms with E-state index in [1.807, 2.05) is 38.1 Å². The lowest BCUT2D eigenvalue weighted by atomic mass is 10.1. The van der Waals surface area contributed by atoms with Crippen molar-refractivity contribution in [3.8, 4) is 5.75 Å². The van der Waals surface area contributed by atoms with Crippen molar-refractivity contribution in [3.05, 3.63) is 36.4 Å². The Kier molecular flexibility index (Phi) is 3.35. The highest BCUT2D eigenvalue weighted by Crippen LogP contribution is 2.26. The van der Waals surface area contributed by atoms with Gasteiger partial charge in [-0.25, -0.2) is 0 Å². The number of rotatable bonds is 0. The fourth-order valence-corrected chi connectivity index (χ4v) is 1.25. The number of benzene rings is 2. The van der Waals surface area contributed by atoms with Crippen LogP contribution in [0.1, 0.15) is 13.8 Å². The lowest BCUT2D eigenvalue weighted by Gasteiger charge is -2.01. The Labute approximate surface area is 84.0 Å². The van der Waals surface area contributed by atoms with E-state index in [9.17, 15) is 5.11 Å². The molecule has 2 aromatic carbocycles. The molecule has 0 saturated carbocycles. The summed E-state index contributed by atoms with van der Waals surface area (Å²) in [7, 11) is 0. The second kappa shape index (κ2) is 4.51. The number of phenolic OH excluding ortho intramolecular Hbond substituents is 1. The summed E-state index contributed by atoms with van der Waals surface area (Å²) < 4.78 is 0. The van der Waals surface area contributed by atoms with Gasteiger partial charge in [-0.1, -0.05) is 38.1 Å². The zero-order chi connectivity index (χ0) is 10.6. The normalized spacial score (nSPS) is 9.29. The minimum Gasteiger partial charge on any atom is -0.506 e. The van der Waals surface area contributed by atoms with Crippen LogP contribution in [0.2, 0.25) is 0 Å². The summed E-state index contributed by atoms with van der Waals surface area (Å²) in [6, 6.07) is 11.2. The molecule has 0 aromatic heterocycles. The van der Waals surface area contributed by atoms with Gasteiger partial charge in [0.1, 0.15) is 5.75 Å². The molecule has 0 spiro atoms. The molecule has 74 valence electrons. The quantitative estimate of drug-likeness (QED) is 0.494. The van der Waals surface area contributed by atoms with Gasteiger partial charge in [0.25, 0.3) is 0 Å². The highest BCUT2D eigenvalue weighted by atomic mass is 16.3. The number of anilines is 1. The molecule has 2 heteroatoms. The largest absolute Gasteiger partial charge is 0.506 e. The minimum absolute atomic E-state index is 0.147. The third-order valence-electron chi connectivity index (χ3n) is 1.90. The number of aromatic hydroxyl groups is 1. The minimum atomic E-state index is 0.147. The van der Waals surface area contributed by atoms with Crippen LogP contribution in [0.4, 0.5) is 5.69 Å². The summed E-state index contributed by atoms with van der Waals surface area (Å²) in [5.74, 6) is 0.147. The molecule has 0 unspecified atom stereocenters. The maximum absolute atomic E-state index is 9.29. The van der Waals surface area contributed by atoms with Gasteiger partial charge in [-0.2, -0.15) is 0 Å². The average Bonchev–Trinajstić information content (AvgIpc) is 2.23. The number of nitrogens with two attached hydrogens (primary N) is 1. The Bertz CT molecular complexity index is 383. The first-order chi connectivity index (χ1) is 6.77. The van der Waals surface area contributed by atoms with Crippen LogP contribution in [0.15, 0.2) is 36.4 Å². The first-order valence-corrected chi connectivity index (χ1v) is 4.74. The van der Waals surface area contributed by atoms with E-state index >= 15 is 0 Å². The molecule has 2 rings (SSSR count). The van der Waals surface area contributed by atoms with Crippen LogP contribution in [-0.4, -0.2) is 5.11 Å². The van der Waals surface area contributed by atoms with Crippen LogP contribution in [0, 0.1) is 0 Å². The fraction of sp³-hybridized carbons (Fsp3) is 0.167. The predicted octanol–water partition coefficient (Wildman–Crippen LogP) is 3.15. The Morgan fingerprint density at radius 1 is 1.00 bits per heavy atom. The number of hydrogen-bond acceptors (Lipinski definition) is 2. The molecule has 14 heavy (non-hydrogen) atoms. The van der Waals surface area contributed by atoms with Crippen LogP contribution in [0.3, 0.4) is 0 Å². The van der Waals surface area contributed by atoms with Crippen molar-refractivity contribution in [3.63, 3.8) is 0 Å². The van der Waals surface area contributed by atoms with Crippen LogP contribution >= 0.6 is 0 Å². The standard InChI is InChI=1S/C10H9NO.C2H6/c11-9-5-7-3-1-2-4-8(7)6-10(9)12;1-2/h1-6,12H,11H2;1-2H3. The molecule has 0 aliphatic carbocycles. The van der Waals surface area contributed by atoms with Crippen LogP contribution in [0.5, 0.6) is 5.75 Å². The van der Waals surface area contributed by atoms with E-state index in [-0.39, 0.29) is 5.75 Å². The van der Waals surface area contributed by atoms with Crippen LogP contribution in [0.25, 0.3) is 10.8 Å². The molecule has 0 atom stereocenters. The number of hydrogen-bond donors (Lipinski definition) is 2. The van der Waals surface area contributed by atoms with E-state index in [2.05, 4.69) is 0 Å². The molecule has 0 saturated heterocycles. The Morgan fingerprint density at radius 2 is 1.50 bits per heavy atom. The van der Waals surface area contributed by atoms with E-state index in [4.69, 9.17) is 5.73 Å². The average molecular weight is 189 g/mol. The summed E-state index contributed by atoms with van der Waals surface area (Å²) in [4.78, 5) is 0. The van der Waals surface area contributed by atoms with Crippen molar-refractivity contribution in [2.75, 3.05) is 5.73 Å². The number of fused-ring (bicyclic) bond motifs is 1. The van der Waals surface area contributed by atoms with Gasteiger partial charge in [-0.05, 0) is 22.9 Å². The second-order valence-electron chi connectivity index (χ2n) is 2.76. The van der Waals surface area contributed by atoms with Gasteiger partial charge in [0, 0.05) is 0 Å². The first-order valence-electron chi connectivity index (χ1n) is 4.74. The zero-order valence-corrected chi connectivity index (χ0v) is 8.49. The van der Waals surface area contributed by atoms with Crippen molar-refractivity contribution in [2.45, 2.75) is 13.8 Å². The predicted molar refractivity (Wildman–Crippen MR) is 61.4 cm³/mol. The SMILES string of the molecule is CC.Nc1cc2ccccc2cc1O. The summed E-state index contributed by atoms with van der Waals surface area (Å²) >= 11 is 0. The topological polar surface area (TPSA) is 46.2 Å². The molecular formula is C12H15NO. The molecular weight excluding hydrogens is 174 g/mol. The van der Waals surface area contributed by atoms with Crippen molar-refractivity contribution in [1.82, 2.24) is 0 Å². The van der Waals surface area contributed by atoms with E-state index in [0.717, 1.165) is 10.8 Å². The highest BCUT2D eigenvalue weighted by molar-refractivity contribution is 5.87. The molecule has 0 bridgehead atoms. The first kappa shape index (κ1) is 10.4. The fourth-order valence-electron chi connectivity index (χ4n) is 1.25. The Balaban J connectivity index is 0.000000461. The molecule has 0 amide bonds. The summed E-state index contributed by atoms with van der Waals surface area (Å²) in [6.07, 6.45) is 0. The highest BCUT2D eigenvalue weighted by Gasteiger charge is 1.98. The van der Waals surface area contributed by atoms with Crippen LogP contribution in [-0.2, 0) is 0 Å². The van der Waals surface area contributed by atoms with Gasteiger partial charge < -0.3 is 10.8 Å². The third-order valence-corrected chi connectivity index (χ3v) is 1.90. The summed E-state index contributed by atoms with van der Waals surface area (Å²) in [6.45, 7) is 4.00. The lowest BCUT2D eigenvalue weighted by molar-refractivity contribution is 0.479. The molecule has 0 aliphatic heterocycles. The van der Waals surface area contributed by atoms with Crippen LogP contribution < -0.4 is 5.73 Å². The summed E-state index contributed by atoms with van der Waals surface area (Å²) in [5, 5.41) is 11.3. The molecule has 0 fully saturated rings. The molecule has 0 aliphatic rings. The van der Waals surface area contributed by atoms with E-state index < -0.39 is 0 Å². The van der Waals surface area contributed by atoms with E-state index in [1.54, 1.807) is 12.1 Å². The van der Waals surface area contributed by atoms with E-state index in [0.29, 0.717) is 5.69 Å². The monoisotopic (exact) mass is 189 g/mol. The van der Waals surface area contributed by atoms with Gasteiger partial charge in [0.15, 0.2) is 0 Å². The van der Waals surface area contributed by atoms with Crippen molar-refractivity contribution in [2.24, 2.45) is 0 Å². The van der Waals surface area contributed by atoms with Gasteiger partial charge in [-0.15, -0.1) is 0 Å². The molecule has 2 aromatic rings. The van der Waals surface area contributed by atoms with Crippen molar-refractivity contribution >= 4 is 16.5 Å². The molecule has 2 nitrogen and oxygen atoms in total. The van der Waals surface area contributed by atoms with Gasteiger partial charge >= 0.3 is 0 Å². The van der Waals surface area contributed by atoms with Gasteiger partial charge in [-0.3, -0.25) is 0 Å². The molecule has 0 radical (unpaired) electrons. The van der Waals surface area contributed by atoms with Crippen molar-refractivity contribution < 1.29 is 5.11 Å². The Hall–Kier alpha value is -1.70. The number of phenols is 1. The second-order valence-corrected chi connectivity index (χ2v) is 2.76. The van der Waals surface area contributed by atoms with Crippen molar-refractivity contribution in [1.29, 1.82) is 0 Å². The lowest BCUT2D eigenvalue weighted by Crippen LogP contribution is -1.84. The van der Waals surface area contributed by atoms with Gasteiger partial charge in [0.2, 0.25) is 0 Å². The number of nitrogen functional groups attached to an aromatic ring is 1. The molecule has 3 N–H and O–H groups in total. The maximum Gasteiger partial charge on any atom is 0.139 e. The zero-order valence-electron chi connectivity index (χ0n) is 8.49. The van der Waals surface area contributed by atoms with Gasteiger partial charge in [0.05, 0.1) is 5.69 Å².